The van der Waals surface area contributed by atoms with Gasteiger partial charge in [-0.3, -0.25) is 0 Å². The van der Waals surface area contributed by atoms with Gasteiger partial charge in [0.15, 0.2) is 0 Å². The summed E-state index contributed by atoms with van der Waals surface area (Å²) >= 11 is 0. The summed E-state index contributed by atoms with van der Waals surface area (Å²) in [5, 5.41) is 11.0. The second kappa shape index (κ2) is 4.07. The fourth-order valence-electron chi connectivity index (χ4n) is 2.86. The molecule has 94 valence electrons. The number of hydrogen-bond donors (Lipinski definition) is 2. The molecular formula is C14H20FNO. The lowest BCUT2D eigenvalue weighted by Crippen LogP contribution is -2.46. The molecule has 1 aromatic rings. The van der Waals surface area contributed by atoms with E-state index >= 15 is 0 Å². The molecule has 0 bridgehead atoms. The molecule has 1 aliphatic carbocycles. The molecule has 0 saturated heterocycles. The maximum Gasteiger partial charge on any atom is 0.123 e. The molecule has 3 heteroatoms. The van der Waals surface area contributed by atoms with Gasteiger partial charge in [0.2, 0.25) is 0 Å². The Balaban J connectivity index is 2.50. The Hall–Kier alpha value is -0.930. The normalized spacial score (nSPS) is 26.6. The molecule has 2 nitrogen and oxygen atoms in total. The average molecular weight is 237 g/mol. The molecule has 0 aliphatic heterocycles. The molecular weight excluding hydrogens is 217 g/mol. The van der Waals surface area contributed by atoms with Gasteiger partial charge in [-0.2, -0.15) is 0 Å². The predicted molar refractivity (Wildman–Crippen MR) is 66.1 cm³/mol. The van der Waals surface area contributed by atoms with Crippen molar-refractivity contribution < 1.29 is 9.50 Å². The van der Waals surface area contributed by atoms with Gasteiger partial charge in [-0.25, -0.2) is 4.39 Å². The minimum absolute atomic E-state index is 0.237. The first-order valence-corrected chi connectivity index (χ1v) is 6.18. The highest BCUT2D eigenvalue weighted by Crippen LogP contribution is 2.50. The Labute approximate surface area is 102 Å². The van der Waals surface area contributed by atoms with E-state index in [-0.39, 0.29) is 11.2 Å². The molecule has 0 aromatic heterocycles. The van der Waals surface area contributed by atoms with Gasteiger partial charge in [0, 0.05) is 12.0 Å². The summed E-state index contributed by atoms with van der Waals surface area (Å²) in [6.07, 6.45) is 2.16. The first kappa shape index (κ1) is 12.5. The highest BCUT2D eigenvalue weighted by atomic mass is 19.1. The van der Waals surface area contributed by atoms with Crippen LogP contribution in [0.2, 0.25) is 0 Å². The second-order valence-corrected chi connectivity index (χ2v) is 5.28. The van der Waals surface area contributed by atoms with E-state index in [2.05, 4.69) is 0 Å². The Bertz CT molecular complexity index is 428. The molecule has 2 rings (SSSR count). The number of aryl methyl sites for hydroxylation is 1. The number of aliphatic hydroxyl groups is 1. The van der Waals surface area contributed by atoms with Gasteiger partial charge in [-0.05, 0) is 42.5 Å². The fourth-order valence-corrected chi connectivity index (χ4v) is 2.86. The average Bonchev–Trinajstić information content (AvgIpc) is 2.67. The van der Waals surface area contributed by atoms with E-state index in [1.165, 1.54) is 12.1 Å². The summed E-state index contributed by atoms with van der Waals surface area (Å²) in [4.78, 5) is 0. The standard InChI is InChI=1S/C14H20FNO/c1-3-13(2,9-16)14(17)7-6-10-8-11(15)4-5-12(10)14/h4-5,8,17H,3,6-7,9,16H2,1-2H3. The van der Waals surface area contributed by atoms with Gasteiger partial charge >= 0.3 is 0 Å². The highest BCUT2D eigenvalue weighted by Gasteiger charge is 2.49. The van der Waals surface area contributed by atoms with Crippen molar-refractivity contribution in [3.05, 3.63) is 35.1 Å². The van der Waals surface area contributed by atoms with Crippen LogP contribution >= 0.6 is 0 Å². The van der Waals surface area contributed by atoms with Crippen molar-refractivity contribution >= 4 is 0 Å². The Morgan fingerprint density at radius 3 is 2.82 bits per heavy atom. The van der Waals surface area contributed by atoms with Gasteiger partial charge in [0.25, 0.3) is 0 Å². The summed E-state index contributed by atoms with van der Waals surface area (Å²) in [5.74, 6) is -0.237. The Kier molecular flexibility index (Phi) is 3.00. The van der Waals surface area contributed by atoms with Crippen LogP contribution in [0.5, 0.6) is 0 Å². The smallest absolute Gasteiger partial charge is 0.123 e. The van der Waals surface area contributed by atoms with Crippen LogP contribution in [0.15, 0.2) is 18.2 Å². The fraction of sp³-hybridized carbons (Fsp3) is 0.571. The number of rotatable bonds is 3. The highest BCUT2D eigenvalue weighted by molar-refractivity contribution is 5.39. The summed E-state index contributed by atoms with van der Waals surface area (Å²) in [5.41, 5.74) is 6.34. The van der Waals surface area contributed by atoms with Crippen molar-refractivity contribution in [3.63, 3.8) is 0 Å². The lowest BCUT2D eigenvalue weighted by Gasteiger charge is -2.42. The number of nitrogens with two attached hydrogens (primary N) is 1. The van der Waals surface area contributed by atoms with E-state index in [9.17, 15) is 9.50 Å². The SMILES string of the molecule is CCC(C)(CN)C1(O)CCc2cc(F)ccc21. The third-order valence-electron chi connectivity index (χ3n) is 4.50. The summed E-state index contributed by atoms with van der Waals surface area (Å²) in [6.45, 7) is 4.47. The first-order valence-electron chi connectivity index (χ1n) is 6.18. The molecule has 0 saturated carbocycles. The Morgan fingerprint density at radius 2 is 2.24 bits per heavy atom. The molecule has 0 heterocycles. The molecule has 0 radical (unpaired) electrons. The van der Waals surface area contributed by atoms with Gasteiger partial charge < -0.3 is 10.8 Å². The second-order valence-electron chi connectivity index (χ2n) is 5.28. The molecule has 0 fully saturated rings. The van der Waals surface area contributed by atoms with Gasteiger partial charge in [0.1, 0.15) is 5.82 Å². The molecule has 1 aromatic carbocycles. The van der Waals surface area contributed by atoms with Crippen LogP contribution < -0.4 is 5.73 Å². The quantitative estimate of drug-likeness (QED) is 0.847. The van der Waals surface area contributed by atoms with Crippen molar-refractivity contribution in [2.75, 3.05) is 6.54 Å². The molecule has 2 atom stereocenters. The van der Waals surface area contributed by atoms with Crippen molar-refractivity contribution in [1.29, 1.82) is 0 Å². The molecule has 0 amide bonds. The number of benzene rings is 1. The van der Waals surface area contributed by atoms with E-state index in [1.807, 2.05) is 13.8 Å². The van der Waals surface area contributed by atoms with E-state index in [0.29, 0.717) is 13.0 Å². The minimum atomic E-state index is -0.917. The van der Waals surface area contributed by atoms with Gasteiger partial charge in [0.05, 0.1) is 5.60 Å². The van der Waals surface area contributed by atoms with Gasteiger partial charge in [-0.1, -0.05) is 19.9 Å². The lowest BCUT2D eigenvalue weighted by molar-refractivity contribution is -0.0790. The maximum atomic E-state index is 13.2. The largest absolute Gasteiger partial charge is 0.385 e. The van der Waals surface area contributed by atoms with Crippen LogP contribution in [0, 0.1) is 11.2 Å². The number of halogens is 1. The number of hydrogen-bond acceptors (Lipinski definition) is 2. The molecule has 17 heavy (non-hydrogen) atoms. The topological polar surface area (TPSA) is 46.2 Å². The van der Waals surface area contributed by atoms with E-state index in [1.54, 1.807) is 6.07 Å². The Morgan fingerprint density at radius 1 is 1.53 bits per heavy atom. The predicted octanol–water partition coefficient (Wildman–Crippen LogP) is 2.33. The molecule has 1 aliphatic rings. The van der Waals surface area contributed by atoms with Crippen LogP contribution in [-0.4, -0.2) is 11.7 Å². The molecule has 0 spiro atoms. The van der Waals surface area contributed by atoms with Crippen LogP contribution in [0.25, 0.3) is 0 Å². The zero-order chi connectivity index (χ0) is 12.7. The third-order valence-corrected chi connectivity index (χ3v) is 4.50. The first-order chi connectivity index (χ1) is 7.97. The van der Waals surface area contributed by atoms with Crippen molar-refractivity contribution in [2.24, 2.45) is 11.1 Å². The minimum Gasteiger partial charge on any atom is -0.385 e. The molecule has 2 unspecified atom stereocenters. The van der Waals surface area contributed by atoms with Crippen molar-refractivity contribution in [1.82, 2.24) is 0 Å². The van der Waals surface area contributed by atoms with E-state index in [0.717, 1.165) is 24.0 Å². The van der Waals surface area contributed by atoms with Crippen LogP contribution in [0.3, 0.4) is 0 Å². The maximum absolute atomic E-state index is 13.2. The third kappa shape index (κ3) is 1.69. The summed E-state index contributed by atoms with van der Waals surface area (Å²) in [6, 6.07) is 4.66. The summed E-state index contributed by atoms with van der Waals surface area (Å²) < 4.78 is 13.2. The lowest BCUT2D eigenvalue weighted by atomic mass is 9.68. The van der Waals surface area contributed by atoms with Crippen LogP contribution in [0.4, 0.5) is 4.39 Å². The van der Waals surface area contributed by atoms with Crippen molar-refractivity contribution in [3.8, 4) is 0 Å². The zero-order valence-electron chi connectivity index (χ0n) is 10.5. The van der Waals surface area contributed by atoms with Gasteiger partial charge in [-0.15, -0.1) is 0 Å². The number of fused-ring (bicyclic) bond motifs is 1. The van der Waals surface area contributed by atoms with Crippen molar-refractivity contribution in [2.45, 2.75) is 38.7 Å². The van der Waals surface area contributed by atoms with E-state index < -0.39 is 5.60 Å². The van der Waals surface area contributed by atoms with Crippen LogP contribution in [-0.2, 0) is 12.0 Å². The molecule has 3 N–H and O–H groups in total. The van der Waals surface area contributed by atoms with E-state index in [4.69, 9.17) is 5.73 Å². The summed E-state index contributed by atoms with van der Waals surface area (Å²) in [7, 11) is 0. The zero-order valence-corrected chi connectivity index (χ0v) is 10.5. The monoisotopic (exact) mass is 237 g/mol. The van der Waals surface area contributed by atoms with Crippen LogP contribution in [0.1, 0.15) is 37.8 Å².